The topological polar surface area (TPSA) is 73.6 Å². The zero-order chi connectivity index (χ0) is 18.5. The normalized spacial score (nSPS) is 10.9. The van der Waals surface area contributed by atoms with Crippen LogP contribution in [0.1, 0.15) is 27.6 Å². The third-order valence-corrected chi connectivity index (χ3v) is 5.51. The Kier molecular flexibility index (Phi) is 6.05. The third kappa shape index (κ3) is 4.70. The van der Waals surface area contributed by atoms with E-state index in [4.69, 9.17) is 0 Å². The van der Waals surface area contributed by atoms with Crippen molar-refractivity contribution < 1.29 is 4.79 Å². The predicted molar refractivity (Wildman–Crippen MR) is 104 cm³/mol. The lowest BCUT2D eigenvalue weighted by molar-refractivity contribution is 0.102. The third-order valence-electron chi connectivity index (χ3n) is 3.65. The Bertz CT molecular complexity index is 891. The zero-order valence-electron chi connectivity index (χ0n) is 14.8. The van der Waals surface area contributed by atoms with Gasteiger partial charge in [-0.3, -0.25) is 4.79 Å². The van der Waals surface area contributed by atoms with Crippen LogP contribution in [0.5, 0.6) is 0 Å². The second-order valence-electron chi connectivity index (χ2n) is 5.76. The van der Waals surface area contributed by atoms with Crippen LogP contribution in [0.15, 0.2) is 46.7 Å². The van der Waals surface area contributed by atoms with Gasteiger partial charge < -0.3 is 4.57 Å². The molecule has 6 nitrogen and oxygen atoms in total. The second kappa shape index (κ2) is 8.46. The molecule has 2 aromatic heterocycles. The Hall–Kier alpha value is -2.19. The van der Waals surface area contributed by atoms with E-state index in [9.17, 15) is 4.79 Å². The van der Waals surface area contributed by atoms with Gasteiger partial charge in [-0.15, -0.1) is 10.2 Å². The van der Waals surface area contributed by atoms with Crippen LogP contribution in [0, 0.1) is 13.8 Å². The quantitative estimate of drug-likeness (QED) is 0.350. The first-order valence-electron chi connectivity index (χ1n) is 8.07. The molecule has 0 aliphatic carbocycles. The minimum absolute atomic E-state index is 0.0816. The summed E-state index contributed by atoms with van der Waals surface area (Å²) in [6.45, 7) is 3.92. The van der Waals surface area contributed by atoms with Gasteiger partial charge in [0.1, 0.15) is 5.82 Å². The summed E-state index contributed by atoms with van der Waals surface area (Å²) in [7, 11) is 1.91. The van der Waals surface area contributed by atoms with Crippen molar-refractivity contribution in [3.8, 4) is 0 Å². The number of carbonyl (C=O) groups is 1. The Balaban J connectivity index is 1.60. The molecule has 0 saturated carbocycles. The number of nitrogens with zero attached hydrogens (tertiary/aromatic N) is 5. The van der Waals surface area contributed by atoms with Crippen molar-refractivity contribution >= 4 is 29.3 Å². The molecule has 0 fully saturated rings. The van der Waals surface area contributed by atoms with Gasteiger partial charge >= 0.3 is 0 Å². The summed E-state index contributed by atoms with van der Waals surface area (Å²) >= 11 is 2.93. The van der Waals surface area contributed by atoms with Gasteiger partial charge in [0.15, 0.2) is 16.1 Å². The molecular weight excluding hydrogens is 366 g/mol. The number of hydrogen-bond donors (Lipinski definition) is 0. The van der Waals surface area contributed by atoms with E-state index in [1.54, 1.807) is 0 Å². The van der Waals surface area contributed by atoms with Gasteiger partial charge in [0.05, 0.1) is 11.5 Å². The molecule has 8 heteroatoms. The fraction of sp³-hybridized carbons (Fsp3) is 0.278. The molecule has 26 heavy (non-hydrogen) atoms. The van der Waals surface area contributed by atoms with Crippen LogP contribution < -0.4 is 0 Å². The molecule has 0 amide bonds. The van der Waals surface area contributed by atoms with Crippen molar-refractivity contribution in [3.05, 3.63) is 59.2 Å². The molecule has 0 bridgehead atoms. The molecule has 0 atom stereocenters. The van der Waals surface area contributed by atoms with E-state index in [1.165, 1.54) is 23.5 Å². The molecule has 1 aromatic carbocycles. The summed E-state index contributed by atoms with van der Waals surface area (Å²) < 4.78 is 1.92. The minimum Gasteiger partial charge on any atom is -0.308 e. The lowest BCUT2D eigenvalue weighted by atomic mass is 10.2. The number of ketones is 1. The van der Waals surface area contributed by atoms with Crippen molar-refractivity contribution in [1.29, 1.82) is 0 Å². The molecule has 0 N–H and O–H groups in total. The summed E-state index contributed by atoms with van der Waals surface area (Å²) in [5, 5.41) is 9.89. The molecule has 0 aliphatic rings. The second-order valence-corrected chi connectivity index (χ2v) is 7.64. The number of thioether (sulfide) groups is 2. The van der Waals surface area contributed by atoms with Gasteiger partial charge in [0.2, 0.25) is 0 Å². The van der Waals surface area contributed by atoms with Gasteiger partial charge in [0.25, 0.3) is 0 Å². The van der Waals surface area contributed by atoms with E-state index in [-0.39, 0.29) is 5.78 Å². The maximum Gasteiger partial charge on any atom is 0.191 e. The van der Waals surface area contributed by atoms with Gasteiger partial charge in [0, 0.05) is 24.0 Å². The van der Waals surface area contributed by atoms with E-state index in [2.05, 4.69) is 20.2 Å². The first-order chi connectivity index (χ1) is 12.5. The van der Waals surface area contributed by atoms with Crippen molar-refractivity contribution in [2.24, 2.45) is 7.05 Å². The highest BCUT2D eigenvalue weighted by Crippen LogP contribution is 2.22. The average molecular weight is 386 g/mol. The summed E-state index contributed by atoms with van der Waals surface area (Å²) in [6.07, 6.45) is 0. The van der Waals surface area contributed by atoms with Crippen molar-refractivity contribution in [1.82, 2.24) is 24.7 Å². The largest absolute Gasteiger partial charge is 0.308 e. The number of rotatable bonds is 7. The molecular formula is C18H19N5OS2. The molecule has 3 aromatic rings. The number of aryl methyl sites for hydroxylation is 2. The van der Waals surface area contributed by atoms with Crippen LogP contribution in [0.25, 0.3) is 0 Å². The van der Waals surface area contributed by atoms with E-state index >= 15 is 0 Å². The Labute approximate surface area is 160 Å². The molecule has 0 unspecified atom stereocenters. The molecule has 134 valence electrons. The van der Waals surface area contributed by atoms with Crippen LogP contribution in [0.4, 0.5) is 0 Å². The first kappa shape index (κ1) is 18.6. The highest BCUT2D eigenvalue weighted by molar-refractivity contribution is 7.99. The fourth-order valence-corrected chi connectivity index (χ4v) is 4.07. The average Bonchev–Trinajstić information content (AvgIpc) is 2.98. The van der Waals surface area contributed by atoms with Crippen LogP contribution >= 0.6 is 23.5 Å². The summed E-state index contributed by atoms with van der Waals surface area (Å²) in [5.41, 5.74) is 2.62. The van der Waals surface area contributed by atoms with Crippen molar-refractivity contribution in [2.75, 3.05) is 5.75 Å². The minimum atomic E-state index is 0.0816. The van der Waals surface area contributed by atoms with Gasteiger partial charge in [-0.05, 0) is 19.9 Å². The van der Waals surface area contributed by atoms with Gasteiger partial charge in [-0.2, -0.15) is 0 Å². The van der Waals surface area contributed by atoms with E-state index < -0.39 is 0 Å². The molecule has 0 aliphatic heterocycles. The number of carbonyl (C=O) groups excluding carboxylic acids is 1. The maximum atomic E-state index is 12.2. The van der Waals surface area contributed by atoms with Crippen molar-refractivity contribution in [3.63, 3.8) is 0 Å². The smallest absolute Gasteiger partial charge is 0.191 e. The summed E-state index contributed by atoms with van der Waals surface area (Å²) in [5.74, 6) is 1.87. The van der Waals surface area contributed by atoms with Crippen LogP contribution in [-0.4, -0.2) is 36.3 Å². The molecule has 2 heterocycles. The lowest BCUT2D eigenvalue weighted by Crippen LogP contribution is -2.04. The highest BCUT2D eigenvalue weighted by atomic mass is 32.2. The van der Waals surface area contributed by atoms with Crippen molar-refractivity contribution in [2.45, 2.75) is 29.9 Å². The molecule has 0 radical (unpaired) electrons. The van der Waals surface area contributed by atoms with Gasteiger partial charge in [-0.1, -0.05) is 53.9 Å². The molecule has 3 rings (SSSR count). The fourth-order valence-electron chi connectivity index (χ4n) is 2.32. The predicted octanol–water partition coefficient (Wildman–Crippen LogP) is 3.49. The Morgan fingerprint density at radius 1 is 1.04 bits per heavy atom. The van der Waals surface area contributed by atoms with Crippen LogP contribution in [0.3, 0.4) is 0 Å². The number of Topliss-reactive ketones (excluding diaryl/α,β-unsaturated/α-hetero) is 1. The standard InChI is InChI=1S/C18H19N5OS2/c1-12-9-13(2)20-17(19-12)25-11-16-21-22-18(23(16)3)26-10-15(24)14-7-5-4-6-8-14/h4-9H,10-11H2,1-3H3. The highest BCUT2D eigenvalue weighted by Gasteiger charge is 2.13. The first-order valence-corrected chi connectivity index (χ1v) is 10.0. The summed E-state index contributed by atoms with van der Waals surface area (Å²) in [6, 6.07) is 11.2. The summed E-state index contributed by atoms with van der Waals surface area (Å²) in [4.78, 5) is 21.1. The van der Waals surface area contributed by atoms with E-state index in [1.807, 2.05) is 61.9 Å². The van der Waals surface area contributed by atoms with E-state index in [0.29, 0.717) is 17.1 Å². The maximum absolute atomic E-state index is 12.2. The lowest BCUT2D eigenvalue weighted by Gasteiger charge is -2.04. The molecule has 0 spiro atoms. The van der Waals surface area contributed by atoms with Gasteiger partial charge in [-0.25, -0.2) is 9.97 Å². The zero-order valence-corrected chi connectivity index (χ0v) is 16.5. The molecule has 0 saturated heterocycles. The van der Waals surface area contributed by atoms with E-state index in [0.717, 1.165) is 27.5 Å². The van der Waals surface area contributed by atoms with Crippen LogP contribution in [0.2, 0.25) is 0 Å². The van der Waals surface area contributed by atoms with Crippen LogP contribution in [-0.2, 0) is 12.8 Å². The monoisotopic (exact) mass is 385 g/mol. The SMILES string of the molecule is Cc1cc(C)nc(SCc2nnc(SCC(=O)c3ccccc3)n2C)n1. The number of benzene rings is 1. The number of hydrogen-bond acceptors (Lipinski definition) is 7. The number of aromatic nitrogens is 5. The Morgan fingerprint density at radius 2 is 1.73 bits per heavy atom. The Morgan fingerprint density at radius 3 is 2.42 bits per heavy atom.